The first kappa shape index (κ1) is 15.9. The lowest BCUT2D eigenvalue weighted by Gasteiger charge is -2.34. The molecule has 1 saturated heterocycles. The highest BCUT2D eigenvalue weighted by Crippen LogP contribution is 2.33. The zero-order valence-corrected chi connectivity index (χ0v) is 14.8. The maximum atomic E-state index is 5.64. The Labute approximate surface area is 145 Å². The van der Waals surface area contributed by atoms with Gasteiger partial charge in [-0.2, -0.15) is 10.1 Å². The van der Waals surface area contributed by atoms with E-state index in [0.717, 1.165) is 16.9 Å². The van der Waals surface area contributed by atoms with Gasteiger partial charge in [-0.15, -0.1) is 0 Å². The number of hydrogen-bond acceptors (Lipinski definition) is 8. The van der Waals surface area contributed by atoms with E-state index >= 15 is 0 Å². The number of morpholine rings is 1. The molecule has 1 fully saturated rings. The van der Waals surface area contributed by atoms with Crippen LogP contribution in [-0.2, 0) is 10.3 Å². The number of anilines is 1. The standard InChI is InChI=1S/C16H21N7O2/c1-10-20-15(25-21-10)12-8-24-6-5-22(12)13-11-7-19-23(16(2,3)4)14(11)18-9-17-13/h7,9,12H,5-6,8H2,1-4H3/t12-/m1/s1. The van der Waals surface area contributed by atoms with Crippen molar-refractivity contribution in [3.63, 3.8) is 0 Å². The fourth-order valence-corrected chi connectivity index (χ4v) is 3.06. The Hall–Kier alpha value is -2.55. The fourth-order valence-electron chi connectivity index (χ4n) is 3.06. The molecule has 0 aromatic carbocycles. The minimum Gasteiger partial charge on any atom is -0.377 e. The summed E-state index contributed by atoms with van der Waals surface area (Å²) in [6.07, 6.45) is 3.40. The molecule has 1 atom stereocenters. The van der Waals surface area contributed by atoms with Crippen LogP contribution in [0.3, 0.4) is 0 Å². The van der Waals surface area contributed by atoms with Gasteiger partial charge in [-0.25, -0.2) is 14.6 Å². The first-order chi connectivity index (χ1) is 11.9. The van der Waals surface area contributed by atoms with Gasteiger partial charge in [0.2, 0.25) is 0 Å². The highest BCUT2D eigenvalue weighted by molar-refractivity contribution is 5.87. The monoisotopic (exact) mass is 343 g/mol. The minimum atomic E-state index is -0.175. The first-order valence-corrected chi connectivity index (χ1v) is 8.29. The summed E-state index contributed by atoms with van der Waals surface area (Å²) in [5.74, 6) is 1.95. The van der Waals surface area contributed by atoms with Crippen molar-refractivity contribution in [3.8, 4) is 0 Å². The molecule has 0 amide bonds. The van der Waals surface area contributed by atoms with Crippen LogP contribution in [0.4, 0.5) is 5.82 Å². The Morgan fingerprint density at radius 1 is 1.24 bits per heavy atom. The smallest absolute Gasteiger partial charge is 0.251 e. The predicted molar refractivity (Wildman–Crippen MR) is 90.3 cm³/mol. The molecule has 4 heterocycles. The molecule has 0 radical (unpaired) electrons. The van der Waals surface area contributed by atoms with E-state index < -0.39 is 0 Å². The fraction of sp³-hybridized carbons (Fsp3) is 0.562. The van der Waals surface area contributed by atoms with Gasteiger partial charge in [0, 0.05) is 6.54 Å². The molecular weight excluding hydrogens is 322 g/mol. The van der Waals surface area contributed by atoms with Gasteiger partial charge in [-0.3, -0.25) is 0 Å². The largest absolute Gasteiger partial charge is 0.377 e. The molecule has 9 heteroatoms. The summed E-state index contributed by atoms with van der Waals surface area (Å²) >= 11 is 0. The molecular formula is C16H21N7O2. The van der Waals surface area contributed by atoms with E-state index in [1.807, 2.05) is 10.9 Å². The van der Waals surface area contributed by atoms with Gasteiger partial charge in [0.15, 0.2) is 11.5 Å². The minimum absolute atomic E-state index is 0.165. The third kappa shape index (κ3) is 2.74. The summed E-state index contributed by atoms with van der Waals surface area (Å²) in [5.41, 5.74) is 0.644. The van der Waals surface area contributed by atoms with Gasteiger partial charge in [-0.05, 0) is 27.7 Å². The lowest BCUT2D eigenvalue weighted by atomic mass is 10.1. The van der Waals surface area contributed by atoms with Crippen molar-refractivity contribution in [2.45, 2.75) is 39.3 Å². The van der Waals surface area contributed by atoms with Gasteiger partial charge in [-0.1, -0.05) is 5.16 Å². The van der Waals surface area contributed by atoms with Gasteiger partial charge < -0.3 is 14.2 Å². The molecule has 3 aromatic heterocycles. The van der Waals surface area contributed by atoms with Crippen LogP contribution in [0.5, 0.6) is 0 Å². The maximum Gasteiger partial charge on any atom is 0.251 e. The highest BCUT2D eigenvalue weighted by Gasteiger charge is 2.32. The van der Waals surface area contributed by atoms with E-state index in [1.165, 1.54) is 0 Å². The van der Waals surface area contributed by atoms with Crippen molar-refractivity contribution in [2.24, 2.45) is 0 Å². The number of hydrogen-bond donors (Lipinski definition) is 0. The molecule has 0 saturated carbocycles. The SMILES string of the molecule is Cc1noc([C@H]2COCCN2c2ncnc3c2cnn3C(C)(C)C)n1. The molecule has 0 N–H and O–H groups in total. The summed E-state index contributed by atoms with van der Waals surface area (Å²) in [6, 6.07) is -0.175. The van der Waals surface area contributed by atoms with Crippen molar-refractivity contribution in [1.29, 1.82) is 0 Å². The van der Waals surface area contributed by atoms with Crippen LogP contribution in [-0.4, -0.2) is 49.6 Å². The molecule has 0 aliphatic carbocycles. The summed E-state index contributed by atoms with van der Waals surface area (Å²) in [7, 11) is 0. The summed E-state index contributed by atoms with van der Waals surface area (Å²) < 4.78 is 12.9. The third-order valence-corrected chi connectivity index (χ3v) is 4.21. The number of nitrogens with zero attached hydrogens (tertiary/aromatic N) is 7. The van der Waals surface area contributed by atoms with Crippen LogP contribution < -0.4 is 4.90 Å². The molecule has 0 spiro atoms. The molecule has 25 heavy (non-hydrogen) atoms. The van der Waals surface area contributed by atoms with Crippen LogP contribution in [0.25, 0.3) is 11.0 Å². The quantitative estimate of drug-likeness (QED) is 0.696. The van der Waals surface area contributed by atoms with Gasteiger partial charge in [0.25, 0.3) is 5.89 Å². The zero-order chi connectivity index (χ0) is 17.6. The van der Waals surface area contributed by atoms with Crippen molar-refractivity contribution >= 4 is 16.9 Å². The first-order valence-electron chi connectivity index (χ1n) is 8.29. The molecule has 132 valence electrons. The topological polar surface area (TPSA) is 95.0 Å². The Morgan fingerprint density at radius 3 is 2.80 bits per heavy atom. The Morgan fingerprint density at radius 2 is 2.08 bits per heavy atom. The lowest BCUT2D eigenvalue weighted by molar-refractivity contribution is 0.0835. The molecule has 0 bridgehead atoms. The second-order valence-corrected chi connectivity index (χ2v) is 7.13. The third-order valence-electron chi connectivity index (χ3n) is 4.21. The molecule has 0 unspecified atom stereocenters. The maximum absolute atomic E-state index is 5.64. The van der Waals surface area contributed by atoms with Crippen molar-refractivity contribution in [1.82, 2.24) is 29.9 Å². The lowest BCUT2D eigenvalue weighted by Crippen LogP contribution is -2.40. The molecule has 3 aromatic rings. The van der Waals surface area contributed by atoms with Crippen LogP contribution in [0.15, 0.2) is 17.0 Å². The predicted octanol–water partition coefficient (Wildman–Crippen LogP) is 1.85. The van der Waals surface area contributed by atoms with E-state index in [-0.39, 0.29) is 11.6 Å². The van der Waals surface area contributed by atoms with Gasteiger partial charge >= 0.3 is 0 Å². The van der Waals surface area contributed by atoms with E-state index in [4.69, 9.17) is 9.26 Å². The molecule has 1 aliphatic rings. The second-order valence-electron chi connectivity index (χ2n) is 7.13. The second kappa shape index (κ2) is 5.76. The summed E-state index contributed by atoms with van der Waals surface area (Å²) in [4.78, 5) is 15.5. The number of aryl methyl sites for hydroxylation is 1. The van der Waals surface area contributed by atoms with Crippen LogP contribution >= 0.6 is 0 Å². The number of aromatic nitrogens is 6. The van der Waals surface area contributed by atoms with Gasteiger partial charge in [0.05, 0.1) is 30.3 Å². The van der Waals surface area contributed by atoms with Crippen LogP contribution in [0.1, 0.15) is 38.5 Å². The average Bonchev–Trinajstić information content (AvgIpc) is 3.20. The van der Waals surface area contributed by atoms with E-state index in [9.17, 15) is 0 Å². The van der Waals surface area contributed by atoms with E-state index in [2.05, 4.69) is 50.9 Å². The average molecular weight is 343 g/mol. The van der Waals surface area contributed by atoms with Gasteiger partial charge in [0.1, 0.15) is 18.2 Å². The zero-order valence-electron chi connectivity index (χ0n) is 14.8. The van der Waals surface area contributed by atoms with E-state index in [0.29, 0.717) is 31.5 Å². The highest BCUT2D eigenvalue weighted by atomic mass is 16.5. The van der Waals surface area contributed by atoms with Crippen LogP contribution in [0.2, 0.25) is 0 Å². The van der Waals surface area contributed by atoms with Crippen molar-refractivity contribution < 1.29 is 9.26 Å². The molecule has 9 nitrogen and oxygen atoms in total. The number of rotatable bonds is 2. The number of ether oxygens (including phenoxy) is 1. The van der Waals surface area contributed by atoms with E-state index in [1.54, 1.807) is 13.3 Å². The summed E-state index contributed by atoms with van der Waals surface area (Å²) in [6.45, 7) is 9.86. The summed E-state index contributed by atoms with van der Waals surface area (Å²) in [5, 5.41) is 9.33. The Balaban J connectivity index is 1.81. The number of fused-ring (bicyclic) bond motifs is 1. The van der Waals surface area contributed by atoms with Crippen molar-refractivity contribution in [3.05, 3.63) is 24.2 Å². The molecule has 1 aliphatic heterocycles. The van der Waals surface area contributed by atoms with Crippen molar-refractivity contribution in [2.75, 3.05) is 24.7 Å². The molecule has 4 rings (SSSR count). The Kier molecular flexibility index (Phi) is 3.68. The Bertz CT molecular complexity index is 895. The normalized spacial score (nSPS) is 18.9. The van der Waals surface area contributed by atoms with Crippen LogP contribution in [0, 0.1) is 6.92 Å².